The van der Waals surface area contributed by atoms with Crippen molar-refractivity contribution in [2.45, 2.75) is 25.8 Å². The lowest BCUT2D eigenvalue weighted by atomic mass is 9.95. The molecule has 0 saturated heterocycles. The van der Waals surface area contributed by atoms with E-state index in [4.69, 9.17) is 16.3 Å². The number of carbonyl (C=O) groups is 1. The summed E-state index contributed by atoms with van der Waals surface area (Å²) in [6, 6.07) is 11.8. The Kier molecular flexibility index (Phi) is 6.15. The van der Waals surface area contributed by atoms with E-state index in [2.05, 4.69) is 17.1 Å². The summed E-state index contributed by atoms with van der Waals surface area (Å²) in [6.07, 6.45) is 1.98. The number of fused-ring (bicyclic) bond motifs is 1. The van der Waals surface area contributed by atoms with E-state index in [1.807, 2.05) is 24.3 Å². The molecule has 0 radical (unpaired) electrons. The van der Waals surface area contributed by atoms with Crippen LogP contribution < -0.4 is 4.74 Å². The fourth-order valence-electron chi connectivity index (χ4n) is 3.89. The van der Waals surface area contributed by atoms with Gasteiger partial charge in [-0.05, 0) is 42.3 Å². The van der Waals surface area contributed by atoms with Crippen LogP contribution in [0.4, 0.5) is 0 Å². The van der Waals surface area contributed by atoms with Gasteiger partial charge in [-0.25, -0.2) is 0 Å². The molecule has 2 heterocycles. The van der Waals surface area contributed by atoms with Crippen molar-refractivity contribution < 1.29 is 19.7 Å². The number of aromatic nitrogens is 2. The van der Waals surface area contributed by atoms with Crippen LogP contribution in [-0.4, -0.2) is 51.0 Å². The quantitative estimate of drug-likeness (QED) is 0.456. The van der Waals surface area contributed by atoms with Crippen LogP contribution in [0.3, 0.4) is 0 Å². The average molecular weight is 442 g/mol. The summed E-state index contributed by atoms with van der Waals surface area (Å²) in [6.45, 7) is 2.70. The van der Waals surface area contributed by atoms with Crippen LogP contribution in [-0.2, 0) is 0 Å². The molecule has 1 aliphatic heterocycles. The zero-order chi connectivity index (χ0) is 22.0. The van der Waals surface area contributed by atoms with E-state index < -0.39 is 6.04 Å². The van der Waals surface area contributed by atoms with Crippen molar-refractivity contribution in [2.24, 2.45) is 0 Å². The van der Waals surface area contributed by atoms with Crippen molar-refractivity contribution in [3.05, 3.63) is 64.3 Å². The minimum absolute atomic E-state index is 0.0159. The second kappa shape index (κ2) is 8.99. The number of carbonyl (C=O) groups excluding carboxylic acids is 1. The summed E-state index contributed by atoms with van der Waals surface area (Å²) >= 11 is 6.15. The fraction of sp³-hybridized carbons (Fsp3) is 0.304. The van der Waals surface area contributed by atoms with Crippen LogP contribution in [0.25, 0.3) is 11.3 Å². The minimum atomic E-state index is -0.489. The van der Waals surface area contributed by atoms with Crippen molar-refractivity contribution in [1.82, 2.24) is 15.1 Å². The average Bonchev–Trinajstić information content (AvgIpc) is 3.30. The molecule has 8 heteroatoms. The van der Waals surface area contributed by atoms with E-state index in [1.54, 1.807) is 17.0 Å². The van der Waals surface area contributed by atoms with Gasteiger partial charge >= 0.3 is 0 Å². The summed E-state index contributed by atoms with van der Waals surface area (Å²) in [7, 11) is 0. The molecule has 4 rings (SSSR count). The molecule has 1 amide bonds. The van der Waals surface area contributed by atoms with E-state index in [-0.39, 0.29) is 24.8 Å². The highest BCUT2D eigenvalue weighted by atomic mass is 35.5. The molecule has 31 heavy (non-hydrogen) atoms. The lowest BCUT2D eigenvalue weighted by Crippen LogP contribution is -2.32. The molecule has 7 nitrogen and oxygen atoms in total. The van der Waals surface area contributed by atoms with Crippen molar-refractivity contribution in [3.63, 3.8) is 0 Å². The highest BCUT2D eigenvalue weighted by Gasteiger charge is 2.42. The van der Waals surface area contributed by atoms with Gasteiger partial charge in [0.25, 0.3) is 5.91 Å². The number of ether oxygens (including phenoxy) is 1. The number of hydrogen-bond donors (Lipinski definition) is 3. The third-order valence-electron chi connectivity index (χ3n) is 5.36. The van der Waals surface area contributed by atoms with Gasteiger partial charge in [-0.3, -0.25) is 9.89 Å². The molecule has 3 N–H and O–H groups in total. The molecule has 0 fully saturated rings. The number of nitrogens with one attached hydrogen (secondary N) is 1. The summed E-state index contributed by atoms with van der Waals surface area (Å²) in [5.41, 5.74) is 2.70. The standard InChI is InChI=1S/C23H24ClN3O4/c1-2-3-11-31-16-6-4-5-14(12-16)22-19-20(17-13-15(24)7-8-18(17)29)25-26-21(19)23(30)27(22)9-10-28/h4-8,12-13,22,28-29H,2-3,9-11H2,1H3,(H,25,26). The van der Waals surface area contributed by atoms with Crippen LogP contribution in [0.1, 0.15) is 47.4 Å². The number of hydrogen-bond acceptors (Lipinski definition) is 5. The molecule has 3 aromatic rings. The summed E-state index contributed by atoms with van der Waals surface area (Å²) in [4.78, 5) is 14.7. The summed E-state index contributed by atoms with van der Waals surface area (Å²) in [5.74, 6) is 0.472. The molecular formula is C23H24ClN3O4. The van der Waals surface area contributed by atoms with Crippen molar-refractivity contribution >= 4 is 17.5 Å². The molecule has 2 aromatic carbocycles. The molecule has 0 bridgehead atoms. The Morgan fingerprint density at radius 1 is 1.26 bits per heavy atom. The summed E-state index contributed by atoms with van der Waals surface area (Å²) in [5, 5.41) is 27.6. The van der Waals surface area contributed by atoms with Crippen molar-refractivity contribution in [3.8, 4) is 22.8 Å². The maximum Gasteiger partial charge on any atom is 0.273 e. The number of aromatic amines is 1. The number of amides is 1. The number of unbranched alkanes of at least 4 members (excludes halogenated alkanes) is 1. The first kappa shape index (κ1) is 21.2. The molecule has 0 aliphatic carbocycles. The second-order valence-corrected chi connectivity index (χ2v) is 7.86. The lowest BCUT2D eigenvalue weighted by Gasteiger charge is -2.26. The number of aliphatic hydroxyl groups excluding tert-OH is 1. The van der Waals surface area contributed by atoms with Crippen LogP contribution in [0.2, 0.25) is 5.02 Å². The second-order valence-electron chi connectivity index (χ2n) is 7.42. The first-order valence-electron chi connectivity index (χ1n) is 10.3. The SMILES string of the molecule is CCCCOc1cccc(C2c3c(-c4cc(Cl)ccc4O)n[nH]c3C(=O)N2CCO)c1. The fourth-order valence-corrected chi connectivity index (χ4v) is 4.07. The maximum absolute atomic E-state index is 13.1. The number of H-pyrrole nitrogens is 1. The normalized spacial score (nSPS) is 15.4. The first-order valence-corrected chi connectivity index (χ1v) is 10.6. The Labute approximate surface area is 185 Å². The van der Waals surface area contributed by atoms with Crippen molar-refractivity contribution in [2.75, 3.05) is 19.8 Å². The number of aromatic hydroxyl groups is 1. The van der Waals surface area contributed by atoms with E-state index in [0.29, 0.717) is 39.9 Å². The molecule has 1 aromatic heterocycles. The zero-order valence-electron chi connectivity index (χ0n) is 17.1. The molecule has 1 aliphatic rings. The third kappa shape index (κ3) is 3.98. The predicted octanol–water partition coefficient (Wildman–Crippen LogP) is 4.15. The van der Waals surface area contributed by atoms with Gasteiger partial charge in [0.2, 0.25) is 0 Å². The van der Waals surface area contributed by atoms with E-state index >= 15 is 0 Å². The molecule has 1 atom stereocenters. The largest absolute Gasteiger partial charge is 0.507 e. The van der Waals surface area contributed by atoms with Gasteiger partial charge in [0.1, 0.15) is 22.9 Å². The Hall–Kier alpha value is -3.03. The maximum atomic E-state index is 13.1. The predicted molar refractivity (Wildman–Crippen MR) is 118 cm³/mol. The Balaban J connectivity index is 1.81. The van der Waals surface area contributed by atoms with Crippen molar-refractivity contribution in [1.29, 1.82) is 0 Å². The molecule has 0 spiro atoms. The minimum Gasteiger partial charge on any atom is -0.507 e. The number of phenolic OH excluding ortho intramolecular Hbond substituents is 1. The Morgan fingerprint density at radius 2 is 2.10 bits per heavy atom. The van der Waals surface area contributed by atoms with Crippen LogP contribution in [0.15, 0.2) is 42.5 Å². The third-order valence-corrected chi connectivity index (χ3v) is 5.59. The molecule has 162 valence electrons. The van der Waals surface area contributed by atoms with E-state index in [0.717, 1.165) is 18.4 Å². The molecule has 1 unspecified atom stereocenters. The first-order chi connectivity index (χ1) is 15.0. The van der Waals surface area contributed by atoms with Gasteiger partial charge in [-0.15, -0.1) is 0 Å². The number of phenols is 1. The highest BCUT2D eigenvalue weighted by Crippen LogP contribution is 2.45. The van der Waals surface area contributed by atoms with Gasteiger partial charge in [0, 0.05) is 22.7 Å². The number of benzene rings is 2. The number of β-amino-alcohol motifs (C(OH)–C–C–N with tert-alkyl or cyclic N) is 1. The van der Waals surface area contributed by atoms with Gasteiger partial charge in [0.05, 0.1) is 19.3 Å². The monoisotopic (exact) mass is 441 g/mol. The number of nitrogens with zero attached hydrogens (tertiary/aromatic N) is 2. The van der Waals surface area contributed by atoms with Crippen LogP contribution in [0.5, 0.6) is 11.5 Å². The summed E-state index contributed by atoms with van der Waals surface area (Å²) < 4.78 is 5.85. The van der Waals surface area contributed by atoms with Gasteiger partial charge in [-0.1, -0.05) is 37.1 Å². The number of halogens is 1. The van der Waals surface area contributed by atoms with Gasteiger partial charge in [0.15, 0.2) is 0 Å². The van der Waals surface area contributed by atoms with Gasteiger partial charge in [-0.2, -0.15) is 5.10 Å². The molecule has 0 saturated carbocycles. The van der Waals surface area contributed by atoms with Crippen LogP contribution in [0, 0.1) is 0 Å². The molecular weight excluding hydrogens is 418 g/mol. The number of rotatable bonds is 8. The Morgan fingerprint density at radius 3 is 2.87 bits per heavy atom. The smallest absolute Gasteiger partial charge is 0.273 e. The van der Waals surface area contributed by atoms with Crippen LogP contribution >= 0.6 is 11.6 Å². The van der Waals surface area contributed by atoms with Gasteiger partial charge < -0.3 is 19.8 Å². The van der Waals surface area contributed by atoms with E-state index in [1.165, 1.54) is 6.07 Å². The van der Waals surface area contributed by atoms with E-state index in [9.17, 15) is 15.0 Å². The highest BCUT2D eigenvalue weighted by molar-refractivity contribution is 6.31. The topological polar surface area (TPSA) is 98.7 Å². The number of aliphatic hydroxyl groups is 1. The Bertz CT molecular complexity index is 1100. The zero-order valence-corrected chi connectivity index (χ0v) is 17.9. The lowest BCUT2D eigenvalue weighted by molar-refractivity contribution is 0.0706.